The molecule has 1 aromatic rings. The fourth-order valence-corrected chi connectivity index (χ4v) is 4.09. The van der Waals surface area contributed by atoms with Gasteiger partial charge in [-0.2, -0.15) is 4.31 Å². The van der Waals surface area contributed by atoms with Crippen LogP contribution in [0.4, 0.5) is 0 Å². The molecule has 0 N–H and O–H groups in total. The number of benzene rings is 1. The fourth-order valence-electron chi connectivity index (χ4n) is 2.18. The van der Waals surface area contributed by atoms with Gasteiger partial charge in [0.2, 0.25) is 10.0 Å². The second-order valence-corrected chi connectivity index (χ2v) is 7.31. The van der Waals surface area contributed by atoms with Gasteiger partial charge in [-0.1, -0.05) is 15.9 Å². The molecule has 1 heterocycles. The molecule has 0 aromatic heterocycles. The van der Waals surface area contributed by atoms with Gasteiger partial charge >= 0.3 is 0 Å². The molecule has 1 aliphatic heterocycles. The van der Waals surface area contributed by atoms with E-state index in [1.165, 1.54) is 4.31 Å². The molecule has 112 valence electrons. The van der Waals surface area contributed by atoms with Gasteiger partial charge in [0, 0.05) is 18.4 Å². The highest BCUT2D eigenvalue weighted by Gasteiger charge is 2.33. The van der Waals surface area contributed by atoms with Crippen LogP contribution in [0.1, 0.15) is 6.92 Å². The van der Waals surface area contributed by atoms with Crippen molar-refractivity contribution in [1.29, 1.82) is 0 Å². The van der Waals surface area contributed by atoms with Gasteiger partial charge in [0.25, 0.3) is 0 Å². The second-order valence-electron chi connectivity index (χ2n) is 4.72. The summed E-state index contributed by atoms with van der Waals surface area (Å²) < 4.78 is 37.4. The lowest BCUT2D eigenvalue weighted by atomic mass is 10.3. The lowest BCUT2D eigenvalue weighted by Gasteiger charge is -2.35. The number of hydrogen-bond acceptors (Lipinski definition) is 4. The molecule has 5 nitrogen and oxygen atoms in total. The molecule has 1 fully saturated rings. The molecule has 0 saturated carbocycles. The first kappa shape index (κ1) is 15.8. The van der Waals surface area contributed by atoms with Crippen molar-refractivity contribution in [2.75, 3.05) is 25.5 Å². The van der Waals surface area contributed by atoms with Crippen LogP contribution < -0.4 is 4.74 Å². The Kier molecular flexibility index (Phi) is 5.06. The summed E-state index contributed by atoms with van der Waals surface area (Å²) in [6.45, 7) is 2.62. The van der Waals surface area contributed by atoms with Crippen LogP contribution in [0.5, 0.6) is 5.75 Å². The number of rotatable bonds is 4. The number of halogens is 1. The number of nitrogens with zero attached hydrogens (tertiary/aromatic N) is 1. The van der Waals surface area contributed by atoms with Gasteiger partial charge in [0.1, 0.15) is 5.75 Å². The zero-order valence-corrected chi connectivity index (χ0v) is 13.9. The van der Waals surface area contributed by atoms with Crippen molar-refractivity contribution in [3.05, 3.63) is 24.3 Å². The molecule has 1 saturated heterocycles. The van der Waals surface area contributed by atoms with Crippen molar-refractivity contribution in [3.63, 3.8) is 0 Å². The van der Waals surface area contributed by atoms with Gasteiger partial charge in [-0.3, -0.25) is 0 Å². The van der Waals surface area contributed by atoms with Gasteiger partial charge < -0.3 is 9.47 Å². The molecule has 0 radical (unpaired) electrons. The molecule has 0 aliphatic carbocycles. The summed E-state index contributed by atoms with van der Waals surface area (Å²) in [6, 6.07) is 6.44. The summed E-state index contributed by atoms with van der Waals surface area (Å²) >= 11 is 3.34. The Morgan fingerprint density at radius 2 is 2.00 bits per heavy atom. The lowest BCUT2D eigenvalue weighted by molar-refractivity contribution is -0.0411. The number of morpholine rings is 1. The Balaban J connectivity index is 2.24. The van der Waals surface area contributed by atoms with Crippen LogP contribution in [0.2, 0.25) is 0 Å². The summed E-state index contributed by atoms with van der Waals surface area (Å²) in [5.74, 6) is 0.637. The van der Waals surface area contributed by atoms with Crippen molar-refractivity contribution < 1.29 is 17.9 Å². The SMILES string of the molecule is COc1ccc(S(=O)(=O)N2CC(C)OC(CBr)C2)cc1. The summed E-state index contributed by atoms with van der Waals surface area (Å²) in [5, 5.41) is 0.617. The molecule has 0 spiro atoms. The van der Waals surface area contributed by atoms with Crippen LogP contribution in [0.15, 0.2) is 29.2 Å². The lowest BCUT2D eigenvalue weighted by Crippen LogP contribution is -2.49. The number of sulfonamides is 1. The maximum Gasteiger partial charge on any atom is 0.243 e. The first-order chi connectivity index (χ1) is 9.47. The third kappa shape index (κ3) is 3.33. The number of alkyl halides is 1. The zero-order chi connectivity index (χ0) is 14.8. The van der Waals surface area contributed by atoms with Crippen LogP contribution >= 0.6 is 15.9 Å². The van der Waals surface area contributed by atoms with Crippen molar-refractivity contribution in [3.8, 4) is 5.75 Å². The largest absolute Gasteiger partial charge is 0.497 e. The molecular weight excluding hydrogens is 346 g/mol. The smallest absolute Gasteiger partial charge is 0.243 e. The van der Waals surface area contributed by atoms with Crippen LogP contribution in [-0.4, -0.2) is 50.5 Å². The quantitative estimate of drug-likeness (QED) is 0.766. The predicted octanol–water partition coefficient (Wildman–Crippen LogP) is 1.87. The van der Waals surface area contributed by atoms with E-state index < -0.39 is 10.0 Å². The highest BCUT2D eigenvalue weighted by atomic mass is 79.9. The van der Waals surface area contributed by atoms with Crippen molar-refractivity contribution in [1.82, 2.24) is 4.31 Å². The zero-order valence-electron chi connectivity index (χ0n) is 11.5. The summed E-state index contributed by atoms with van der Waals surface area (Å²) in [4.78, 5) is 0.278. The second kappa shape index (κ2) is 6.43. The first-order valence-electron chi connectivity index (χ1n) is 6.33. The minimum atomic E-state index is -3.49. The number of hydrogen-bond donors (Lipinski definition) is 0. The van der Waals surface area contributed by atoms with E-state index >= 15 is 0 Å². The van der Waals surface area contributed by atoms with E-state index in [0.717, 1.165) is 0 Å². The first-order valence-corrected chi connectivity index (χ1v) is 8.89. The molecule has 2 unspecified atom stereocenters. The van der Waals surface area contributed by atoms with E-state index in [9.17, 15) is 8.42 Å². The third-order valence-corrected chi connectivity index (χ3v) is 5.73. The predicted molar refractivity (Wildman–Crippen MR) is 79.9 cm³/mol. The number of ether oxygens (including phenoxy) is 2. The maximum atomic E-state index is 12.6. The summed E-state index contributed by atoms with van der Waals surface area (Å²) in [6.07, 6.45) is -0.230. The average Bonchev–Trinajstić information content (AvgIpc) is 2.46. The highest BCUT2D eigenvalue weighted by molar-refractivity contribution is 9.09. The van der Waals surface area contributed by atoms with Crippen LogP contribution in [0.25, 0.3) is 0 Å². The molecule has 1 aliphatic rings. The van der Waals surface area contributed by atoms with E-state index in [1.54, 1.807) is 31.4 Å². The summed E-state index contributed by atoms with van der Waals surface area (Å²) in [7, 11) is -1.94. The van der Waals surface area contributed by atoms with Gasteiger partial charge in [-0.05, 0) is 31.2 Å². The van der Waals surface area contributed by atoms with Crippen molar-refractivity contribution >= 4 is 26.0 Å². The average molecular weight is 364 g/mol. The highest BCUT2D eigenvalue weighted by Crippen LogP contribution is 2.23. The minimum absolute atomic E-state index is 0.112. The van der Waals surface area contributed by atoms with E-state index in [1.807, 2.05) is 6.92 Å². The monoisotopic (exact) mass is 363 g/mol. The Hall–Kier alpha value is -0.630. The summed E-state index contributed by atoms with van der Waals surface area (Å²) in [5.41, 5.74) is 0. The Labute approximate surface area is 128 Å². The van der Waals surface area contributed by atoms with Crippen LogP contribution in [0, 0.1) is 0 Å². The molecule has 2 rings (SSSR count). The van der Waals surface area contributed by atoms with Crippen LogP contribution in [-0.2, 0) is 14.8 Å². The molecule has 0 amide bonds. The van der Waals surface area contributed by atoms with Crippen LogP contribution in [0.3, 0.4) is 0 Å². The van der Waals surface area contributed by atoms with Gasteiger partial charge in [-0.25, -0.2) is 8.42 Å². The molecule has 1 aromatic carbocycles. The van der Waals surface area contributed by atoms with Gasteiger partial charge in [-0.15, -0.1) is 0 Å². The molecule has 20 heavy (non-hydrogen) atoms. The van der Waals surface area contributed by atoms with Crippen molar-refractivity contribution in [2.24, 2.45) is 0 Å². The normalized spacial score (nSPS) is 24.6. The molecule has 7 heteroatoms. The Morgan fingerprint density at radius 1 is 1.35 bits per heavy atom. The molecule has 2 atom stereocenters. The van der Waals surface area contributed by atoms with E-state index in [-0.39, 0.29) is 17.1 Å². The van der Waals surface area contributed by atoms with Gasteiger partial charge in [0.15, 0.2) is 0 Å². The number of methoxy groups -OCH3 is 1. The molecular formula is C13H18BrNO4S. The Morgan fingerprint density at radius 3 is 2.55 bits per heavy atom. The van der Waals surface area contributed by atoms with Gasteiger partial charge in [0.05, 0.1) is 24.2 Å². The van der Waals surface area contributed by atoms with E-state index in [0.29, 0.717) is 24.2 Å². The third-order valence-electron chi connectivity index (χ3n) is 3.16. The standard InChI is InChI=1S/C13H18BrNO4S/c1-10-8-15(9-12(7-14)19-10)20(16,17)13-5-3-11(18-2)4-6-13/h3-6,10,12H,7-9H2,1-2H3. The topological polar surface area (TPSA) is 55.8 Å². The molecule has 0 bridgehead atoms. The minimum Gasteiger partial charge on any atom is -0.497 e. The Bertz CT molecular complexity index is 546. The maximum absolute atomic E-state index is 12.6. The van der Waals surface area contributed by atoms with E-state index in [2.05, 4.69) is 15.9 Å². The fraction of sp³-hybridized carbons (Fsp3) is 0.538. The van der Waals surface area contributed by atoms with E-state index in [4.69, 9.17) is 9.47 Å². The van der Waals surface area contributed by atoms with Crippen molar-refractivity contribution in [2.45, 2.75) is 24.0 Å².